The van der Waals surface area contributed by atoms with Gasteiger partial charge in [0.1, 0.15) is 0 Å². The van der Waals surface area contributed by atoms with E-state index in [0.717, 1.165) is 35.9 Å². The average molecular weight is 374 g/mol. The minimum absolute atomic E-state index is 0.221. The molecule has 3 aliphatic rings. The van der Waals surface area contributed by atoms with Crippen molar-refractivity contribution < 1.29 is 17.7 Å². The van der Waals surface area contributed by atoms with E-state index in [4.69, 9.17) is 9.31 Å². The van der Waals surface area contributed by atoms with Crippen LogP contribution in [-0.2, 0) is 19.1 Å². The molecule has 1 aromatic rings. The second kappa shape index (κ2) is 5.95. The lowest BCUT2D eigenvalue weighted by Gasteiger charge is -2.33. The number of hydrogen-bond donors (Lipinski definition) is 0. The predicted octanol–water partition coefficient (Wildman–Crippen LogP) is 3.11. The molecule has 3 aliphatic heterocycles. The smallest absolute Gasteiger partial charge is 0.399 e. The third-order valence-corrected chi connectivity index (χ3v) is 9.07. The minimum Gasteiger partial charge on any atom is -0.399 e. The van der Waals surface area contributed by atoms with Crippen molar-refractivity contribution in [3.05, 3.63) is 35.9 Å². The van der Waals surface area contributed by atoms with Gasteiger partial charge in [0.2, 0.25) is 0 Å². The lowest BCUT2D eigenvalue weighted by molar-refractivity contribution is 0.00578. The Bertz CT molecular complexity index is 840. The Morgan fingerprint density at radius 3 is 2.42 bits per heavy atom. The average Bonchev–Trinajstić information content (AvgIpc) is 2.74. The summed E-state index contributed by atoms with van der Waals surface area (Å²) < 4.78 is 37.3. The molecular formula is C20H27BO4S. The van der Waals surface area contributed by atoms with Crippen molar-refractivity contribution in [1.29, 1.82) is 0 Å². The minimum atomic E-state index is -2.99. The number of benzene rings is 1. The monoisotopic (exact) mass is 374 g/mol. The number of rotatable bonds is 2. The molecule has 0 amide bonds. The van der Waals surface area contributed by atoms with Crippen LogP contribution in [0.15, 0.2) is 30.3 Å². The van der Waals surface area contributed by atoms with Gasteiger partial charge in [0.05, 0.1) is 21.7 Å². The van der Waals surface area contributed by atoms with E-state index in [9.17, 15) is 8.42 Å². The summed E-state index contributed by atoms with van der Waals surface area (Å²) in [7, 11) is -3.38. The molecule has 2 fully saturated rings. The maximum absolute atomic E-state index is 12.5. The Morgan fingerprint density at radius 1 is 1.08 bits per heavy atom. The van der Waals surface area contributed by atoms with Crippen LogP contribution in [0.4, 0.5) is 0 Å². The number of fused-ring (bicyclic) bond motifs is 2. The highest BCUT2D eigenvalue weighted by Gasteiger charge is 2.51. The molecular weight excluding hydrogens is 347 g/mol. The summed E-state index contributed by atoms with van der Waals surface area (Å²) in [6, 6.07) is 8.19. The normalized spacial score (nSPS) is 31.5. The molecule has 0 radical (unpaired) electrons. The Morgan fingerprint density at radius 2 is 1.77 bits per heavy atom. The van der Waals surface area contributed by atoms with Crippen LogP contribution in [0.2, 0.25) is 0 Å². The van der Waals surface area contributed by atoms with Crippen molar-refractivity contribution in [3.63, 3.8) is 0 Å². The summed E-state index contributed by atoms with van der Waals surface area (Å²) in [5, 5.41) is -0.535. The maximum atomic E-state index is 12.5. The molecule has 1 aromatic carbocycles. The van der Waals surface area contributed by atoms with Gasteiger partial charge in [0, 0.05) is 0 Å². The second-order valence-corrected chi connectivity index (χ2v) is 11.2. The standard InChI is InChI=1S/C20H27BO4S/c1-19(2)20(3,4)25-21(24-19)16-8-5-7-14(11-16)15-12-17-9-6-10-18(13-15)26(17,22)23/h5,7-8,11-12,17-18H,6,9-10,13H2,1-4H3. The predicted molar refractivity (Wildman–Crippen MR) is 105 cm³/mol. The van der Waals surface area contributed by atoms with Crippen LogP contribution in [0, 0.1) is 0 Å². The summed E-state index contributed by atoms with van der Waals surface area (Å²) in [6.07, 6.45) is 5.14. The third kappa shape index (κ3) is 2.86. The molecule has 0 spiro atoms. The highest BCUT2D eigenvalue weighted by Crippen LogP contribution is 2.40. The first kappa shape index (κ1) is 18.3. The third-order valence-electron chi connectivity index (χ3n) is 6.52. The second-order valence-electron chi connectivity index (χ2n) is 8.79. The number of allylic oxidation sites excluding steroid dienone is 1. The van der Waals surface area contributed by atoms with Gasteiger partial charge in [-0.3, -0.25) is 0 Å². The largest absolute Gasteiger partial charge is 0.494 e. The molecule has 0 saturated carbocycles. The molecule has 4 nitrogen and oxygen atoms in total. The van der Waals surface area contributed by atoms with E-state index in [-0.39, 0.29) is 21.7 Å². The number of sulfone groups is 1. The highest BCUT2D eigenvalue weighted by atomic mass is 32.2. The molecule has 0 aromatic heterocycles. The van der Waals surface area contributed by atoms with E-state index >= 15 is 0 Å². The molecule has 2 saturated heterocycles. The molecule has 2 bridgehead atoms. The summed E-state index contributed by atoms with van der Waals surface area (Å²) in [4.78, 5) is 0. The van der Waals surface area contributed by atoms with E-state index in [1.165, 1.54) is 0 Å². The molecule has 26 heavy (non-hydrogen) atoms. The summed E-state index contributed by atoms with van der Waals surface area (Å²) in [6.45, 7) is 8.19. The summed E-state index contributed by atoms with van der Waals surface area (Å²) >= 11 is 0. The van der Waals surface area contributed by atoms with Crippen molar-refractivity contribution in [2.75, 3.05) is 0 Å². The van der Waals surface area contributed by atoms with Gasteiger partial charge < -0.3 is 9.31 Å². The van der Waals surface area contributed by atoms with Gasteiger partial charge in [-0.15, -0.1) is 0 Å². The lowest BCUT2D eigenvalue weighted by atomic mass is 9.77. The van der Waals surface area contributed by atoms with E-state index in [1.807, 2.05) is 45.9 Å². The van der Waals surface area contributed by atoms with Gasteiger partial charge in [-0.1, -0.05) is 36.8 Å². The zero-order chi connectivity index (χ0) is 18.7. The van der Waals surface area contributed by atoms with Gasteiger partial charge in [-0.05, 0) is 63.6 Å². The van der Waals surface area contributed by atoms with Crippen LogP contribution in [-0.4, -0.2) is 37.2 Å². The van der Waals surface area contributed by atoms with Crippen LogP contribution in [0.3, 0.4) is 0 Å². The Hall–Kier alpha value is -1.11. The fourth-order valence-corrected chi connectivity index (χ4v) is 6.39. The van der Waals surface area contributed by atoms with Gasteiger partial charge in [0.15, 0.2) is 9.84 Å². The molecule has 3 heterocycles. The van der Waals surface area contributed by atoms with Gasteiger partial charge in [-0.2, -0.15) is 0 Å². The Kier molecular flexibility index (Phi) is 4.18. The topological polar surface area (TPSA) is 52.6 Å². The fourth-order valence-electron chi connectivity index (χ4n) is 4.13. The molecule has 140 valence electrons. The van der Waals surface area contributed by atoms with Crippen LogP contribution < -0.4 is 5.46 Å². The first-order valence-corrected chi connectivity index (χ1v) is 11.1. The SMILES string of the molecule is CC1(C)OB(c2cccc(C3=CC4CCCC(C3)S4(=O)=O)c2)OC1(C)C. The van der Waals surface area contributed by atoms with E-state index in [0.29, 0.717) is 6.42 Å². The lowest BCUT2D eigenvalue weighted by Crippen LogP contribution is -2.41. The van der Waals surface area contributed by atoms with Crippen molar-refractivity contribution in [1.82, 2.24) is 0 Å². The Balaban J connectivity index is 1.65. The van der Waals surface area contributed by atoms with Gasteiger partial charge >= 0.3 is 7.12 Å². The summed E-state index contributed by atoms with van der Waals surface area (Å²) in [5.41, 5.74) is 2.48. The molecule has 4 rings (SSSR count). The van der Waals surface area contributed by atoms with Crippen molar-refractivity contribution in [2.24, 2.45) is 0 Å². The summed E-state index contributed by atoms with van der Waals surface area (Å²) in [5.74, 6) is 0. The maximum Gasteiger partial charge on any atom is 0.494 e. The van der Waals surface area contributed by atoms with Crippen LogP contribution >= 0.6 is 0 Å². The van der Waals surface area contributed by atoms with Crippen LogP contribution in [0.5, 0.6) is 0 Å². The molecule has 0 aliphatic carbocycles. The zero-order valence-electron chi connectivity index (χ0n) is 16.0. The molecule has 2 unspecified atom stereocenters. The van der Waals surface area contributed by atoms with E-state index in [2.05, 4.69) is 12.1 Å². The quantitative estimate of drug-likeness (QED) is 0.747. The van der Waals surface area contributed by atoms with Crippen LogP contribution in [0.25, 0.3) is 5.57 Å². The van der Waals surface area contributed by atoms with E-state index < -0.39 is 17.0 Å². The Labute approximate surface area is 157 Å². The first-order chi connectivity index (χ1) is 12.1. The highest BCUT2D eigenvalue weighted by molar-refractivity contribution is 7.93. The van der Waals surface area contributed by atoms with Crippen molar-refractivity contribution >= 4 is 28.0 Å². The molecule has 0 N–H and O–H groups in total. The zero-order valence-corrected chi connectivity index (χ0v) is 16.8. The fraction of sp³-hybridized carbons (Fsp3) is 0.600. The van der Waals surface area contributed by atoms with Crippen molar-refractivity contribution in [3.8, 4) is 0 Å². The number of hydrogen-bond acceptors (Lipinski definition) is 4. The first-order valence-electron chi connectivity index (χ1n) is 9.49. The molecule has 2 atom stereocenters. The van der Waals surface area contributed by atoms with Crippen molar-refractivity contribution in [2.45, 2.75) is 75.1 Å². The van der Waals surface area contributed by atoms with Crippen LogP contribution in [0.1, 0.15) is 58.9 Å². The van der Waals surface area contributed by atoms with Gasteiger partial charge in [-0.25, -0.2) is 8.42 Å². The molecule has 6 heteroatoms. The van der Waals surface area contributed by atoms with Gasteiger partial charge in [0.25, 0.3) is 0 Å². The van der Waals surface area contributed by atoms with E-state index in [1.54, 1.807) is 0 Å².